The standard InChI is InChI=1S/C25H28Cl2N4O5/c1-34-18-13-19(35-2)23(27)21(22(18)26)16-11-15-14-29-20(36-25(28)33)12-17(15)31(24(16)32)10-6-9-30-7-4-3-5-8-30/h11-14H,3-10H2,1-2H3,(H2,28,33). The van der Waals surface area contributed by atoms with E-state index in [-0.39, 0.29) is 27.0 Å². The van der Waals surface area contributed by atoms with Crippen molar-refractivity contribution in [3.05, 3.63) is 44.8 Å². The number of primary amides is 1. The van der Waals surface area contributed by atoms with E-state index in [1.165, 1.54) is 45.7 Å². The molecule has 0 radical (unpaired) electrons. The fourth-order valence-electron chi connectivity index (χ4n) is 4.57. The van der Waals surface area contributed by atoms with Gasteiger partial charge in [0.05, 0.1) is 35.3 Å². The van der Waals surface area contributed by atoms with Crippen LogP contribution in [0.5, 0.6) is 17.4 Å². The van der Waals surface area contributed by atoms with Gasteiger partial charge in [0, 0.05) is 35.8 Å². The molecular formula is C25H28Cl2N4O5. The number of carbonyl (C=O) groups is 1. The van der Waals surface area contributed by atoms with Gasteiger partial charge < -0.3 is 29.4 Å². The Morgan fingerprint density at radius 3 is 2.31 bits per heavy atom. The summed E-state index contributed by atoms with van der Waals surface area (Å²) in [6, 6.07) is 4.76. The number of halogens is 2. The second-order valence-electron chi connectivity index (χ2n) is 8.56. The quantitative estimate of drug-likeness (QED) is 0.445. The first kappa shape index (κ1) is 26.1. The molecule has 11 heteroatoms. The summed E-state index contributed by atoms with van der Waals surface area (Å²) in [7, 11) is 2.95. The van der Waals surface area contributed by atoms with Crippen LogP contribution < -0.4 is 25.5 Å². The molecule has 192 valence electrons. The van der Waals surface area contributed by atoms with Crippen molar-refractivity contribution in [3.63, 3.8) is 0 Å². The lowest BCUT2D eigenvalue weighted by atomic mass is 10.0. The molecule has 3 aromatic rings. The number of piperidine rings is 1. The van der Waals surface area contributed by atoms with Gasteiger partial charge in [0.15, 0.2) is 0 Å². The Morgan fingerprint density at radius 1 is 1.03 bits per heavy atom. The molecule has 0 spiro atoms. The van der Waals surface area contributed by atoms with Gasteiger partial charge in [-0.1, -0.05) is 29.6 Å². The summed E-state index contributed by atoms with van der Waals surface area (Å²) in [5.41, 5.74) is 5.99. The second kappa shape index (κ2) is 11.4. The topological polar surface area (TPSA) is 109 Å². The minimum Gasteiger partial charge on any atom is -0.495 e. The van der Waals surface area contributed by atoms with Crippen molar-refractivity contribution in [2.75, 3.05) is 33.9 Å². The summed E-state index contributed by atoms with van der Waals surface area (Å²) in [6.45, 7) is 3.41. The zero-order chi connectivity index (χ0) is 25.8. The van der Waals surface area contributed by atoms with Gasteiger partial charge in [-0.05, 0) is 45.0 Å². The van der Waals surface area contributed by atoms with E-state index in [2.05, 4.69) is 9.88 Å². The van der Waals surface area contributed by atoms with Crippen LogP contribution in [0.3, 0.4) is 0 Å². The van der Waals surface area contributed by atoms with Gasteiger partial charge in [-0.25, -0.2) is 9.78 Å². The largest absolute Gasteiger partial charge is 0.495 e. The van der Waals surface area contributed by atoms with Crippen LogP contribution in [0.15, 0.2) is 29.2 Å². The molecule has 3 heterocycles. The number of likely N-dealkylation sites (tertiary alicyclic amines) is 1. The molecule has 0 atom stereocenters. The number of nitrogens with two attached hydrogens (primary N) is 1. The van der Waals surface area contributed by atoms with E-state index >= 15 is 0 Å². The van der Waals surface area contributed by atoms with Crippen molar-refractivity contribution < 1.29 is 19.0 Å². The lowest BCUT2D eigenvalue weighted by molar-refractivity contribution is 0.209. The molecule has 1 saturated heterocycles. The fourth-order valence-corrected chi connectivity index (χ4v) is 5.28. The lowest BCUT2D eigenvalue weighted by Crippen LogP contribution is -2.32. The SMILES string of the molecule is COc1cc(OC)c(Cl)c(-c2cc3cnc(OC(N)=O)cc3n(CCCN3CCCCC3)c2=O)c1Cl. The average Bonchev–Trinajstić information content (AvgIpc) is 2.86. The van der Waals surface area contributed by atoms with Crippen LogP contribution in [-0.4, -0.2) is 54.4 Å². The van der Waals surface area contributed by atoms with E-state index in [9.17, 15) is 9.59 Å². The third-order valence-corrected chi connectivity index (χ3v) is 7.06. The molecule has 1 amide bonds. The van der Waals surface area contributed by atoms with Crippen LogP contribution in [-0.2, 0) is 6.54 Å². The summed E-state index contributed by atoms with van der Waals surface area (Å²) in [4.78, 5) is 31.7. The Morgan fingerprint density at radius 2 is 1.69 bits per heavy atom. The summed E-state index contributed by atoms with van der Waals surface area (Å²) < 4.78 is 17.4. The Kier molecular flexibility index (Phi) is 8.23. The van der Waals surface area contributed by atoms with Gasteiger partial charge in [-0.3, -0.25) is 4.79 Å². The maximum Gasteiger partial charge on any atom is 0.411 e. The molecule has 0 saturated carbocycles. The highest BCUT2D eigenvalue weighted by Crippen LogP contribution is 2.45. The van der Waals surface area contributed by atoms with Crippen LogP contribution in [0, 0.1) is 0 Å². The van der Waals surface area contributed by atoms with Crippen molar-refractivity contribution in [2.24, 2.45) is 5.73 Å². The van der Waals surface area contributed by atoms with Crippen molar-refractivity contribution in [3.8, 4) is 28.5 Å². The van der Waals surface area contributed by atoms with Crippen LogP contribution in [0.4, 0.5) is 4.79 Å². The maximum atomic E-state index is 13.9. The highest BCUT2D eigenvalue weighted by Gasteiger charge is 2.23. The number of benzene rings is 1. The van der Waals surface area contributed by atoms with E-state index < -0.39 is 6.09 Å². The van der Waals surface area contributed by atoms with Crippen molar-refractivity contribution in [2.45, 2.75) is 32.2 Å². The molecule has 0 aliphatic carbocycles. The molecule has 0 bridgehead atoms. The van der Waals surface area contributed by atoms with Crippen LogP contribution in [0.2, 0.25) is 10.0 Å². The summed E-state index contributed by atoms with van der Waals surface area (Å²) in [5, 5.41) is 1.02. The fraction of sp³-hybridized carbons (Fsp3) is 0.400. The third kappa shape index (κ3) is 5.38. The lowest BCUT2D eigenvalue weighted by Gasteiger charge is -2.26. The van der Waals surface area contributed by atoms with Gasteiger partial charge in [0.1, 0.15) is 11.5 Å². The van der Waals surface area contributed by atoms with E-state index in [0.717, 1.165) is 26.1 Å². The summed E-state index contributed by atoms with van der Waals surface area (Å²) in [5.74, 6) is 0.658. The predicted molar refractivity (Wildman–Crippen MR) is 140 cm³/mol. The van der Waals surface area contributed by atoms with Gasteiger partial charge in [-0.15, -0.1) is 0 Å². The number of nitrogens with zero attached hydrogens (tertiary/aromatic N) is 3. The Balaban J connectivity index is 1.85. The maximum absolute atomic E-state index is 13.9. The van der Waals surface area contributed by atoms with Crippen molar-refractivity contribution in [1.82, 2.24) is 14.5 Å². The number of methoxy groups -OCH3 is 2. The van der Waals surface area contributed by atoms with Crippen molar-refractivity contribution in [1.29, 1.82) is 0 Å². The number of aromatic nitrogens is 2. The number of pyridine rings is 2. The molecule has 0 unspecified atom stereocenters. The molecule has 36 heavy (non-hydrogen) atoms. The molecule has 4 rings (SSSR count). The van der Waals surface area contributed by atoms with E-state index in [0.29, 0.717) is 34.5 Å². The molecule has 2 aromatic heterocycles. The van der Waals surface area contributed by atoms with E-state index in [1.807, 2.05) is 0 Å². The average molecular weight is 535 g/mol. The zero-order valence-electron chi connectivity index (χ0n) is 20.2. The Labute approximate surface area is 218 Å². The number of rotatable bonds is 8. The predicted octanol–water partition coefficient (Wildman–Crippen LogP) is 4.72. The molecule has 1 aliphatic rings. The molecule has 1 aromatic carbocycles. The summed E-state index contributed by atoms with van der Waals surface area (Å²) >= 11 is 13.3. The first-order chi connectivity index (χ1) is 17.3. The molecule has 2 N–H and O–H groups in total. The van der Waals surface area contributed by atoms with E-state index in [1.54, 1.807) is 16.7 Å². The number of ether oxygens (including phenoxy) is 3. The third-order valence-electron chi connectivity index (χ3n) is 6.31. The number of carbonyl (C=O) groups excluding carboxylic acids is 1. The molecular weight excluding hydrogens is 507 g/mol. The number of hydrogen-bond acceptors (Lipinski definition) is 7. The molecule has 1 aliphatic heterocycles. The normalized spacial score (nSPS) is 14.1. The van der Waals surface area contributed by atoms with Crippen LogP contribution in [0.1, 0.15) is 25.7 Å². The van der Waals surface area contributed by atoms with Gasteiger partial charge >= 0.3 is 6.09 Å². The second-order valence-corrected chi connectivity index (χ2v) is 9.31. The first-order valence-corrected chi connectivity index (χ1v) is 12.4. The first-order valence-electron chi connectivity index (χ1n) is 11.7. The minimum absolute atomic E-state index is 0.00560. The number of fused-ring (bicyclic) bond motifs is 1. The van der Waals surface area contributed by atoms with Crippen LogP contribution >= 0.6 is 23.2 Å². The Bertz CT molecular complexity index is 1310. The van der Waals surface area contributed by atoms with Crippen LogP contribution in [0.25, 0.3) is 22.0 Å². The van der Waals surface area contributed by atoms with Gasteiger partial charge in [0.2, 0.25) is 5.88 Å². The minimum atomic E-state index is -0.987. The monoisotopic (exact) mass is 534 g/mol. The molecule has 1 fully saturated rings. The number of aryl methyl sites for hydroxylation is 1. The zero-order valence-corrected chi connectivity index (χ0v) is 21.7. The van der Waals surface area contributed by atoms with Gasteiger partial charge in [0.25, 0.3) is 5.56 Å². The molecule has 9 nitrogen and oxygen atoms in total. The summed E-state index contributed by atoms with van der Waals surface area (Å²) in [6.07, 6.45) is 4.90. The number of amides is 1. The van der Waals surface area contributed by atoms with Gasteiger partial charge in [-0.2, -0.15) is 0 Å². The highest BCUT2D eigenvalue weighted by molar-refractivity contribution is 6.41. The Hall–Kier alpha value is -3.01. The number of hydrogen-bond donors (Lipinski definition) is 1. The highest BCUT2D eigenvalue weighted by atomic mass is 35.5. The smallest absolute Gasteiger partial charge is 0.411 e. The van der Waals surface area contributed by atoms with Crippen molar-refractivity contribution >= 4 is 40.2 Å². The van der Waals surface area contributed by atoms with E-state index in [4.69, 9.17) is 43.1 Å².